The van der Waals surface area contributed by atoms with Crippen LogP contribution in [-0.4, -0.2) is 38.1 Å². The molecule has 4 nitrogen and oxygen atoms in total. The van der Waals surface area contributed by atoms with Gasteiger partial charge in [0.25, 0.3) is 0 Å². The summed E-state index contributed by atoms with van der Waals surface area (Å²) in [5.74, 6) is 0.928. The SMILES string of the molecule is O=C(CCC1CCCC1)N1CCC(c2cccs2)S(=O)(=O)CC1. The van der Waals surface area contributed by atoms with E-state index in [4.69, 9.17) is 0 Å². The number of carbonyl (C=O) groups excluding carboxylic acids is 1. The van der Waals surface area contributed by atoms with Crippen LogP contribution in [0.2, 0.25) is 0 Å². The van der Waals surface area contributed by atoms with Crippen LogP contribution in [0, 0.1) is 5.92 Å². The maximum Gasteiger partial charge on any atom is 0.222 e. The summed E-state index contributed by atoms with van der Waals surface area (Å²) in [6, 6.07) is 3.79. The molecule has 6 heteroatoms. The quantitative estimate of drug-likeness (QED) is 0.832. The van der Waals surface area contributed by atoms with Crippen LogP contribution in [0.3, 0.4) is 0 Å². The number of hydrogen-bond acceptors (Lipinski definition) is 4. The van der Waals surface area contributed by atoms with Gasteiger partial charge in [-0.1, -0.05) is 31.7 Å². The van der Waals surface area contributed by atoms with Gasteiger partial charge >= 0.3 is 0 Å². The van der Waals surface area contributed by atoms with Crippen LogP contribution in [0.5, 0.6) is 0 Å². The second-order valence-electron chi connectivity index (χ2n) is 6.73. The van der Waals surface area contributed by atoms with E-state index < -0.39 is 15.1 Å². The molecule has 1 unspecified atom stereocenters. The van der Waals surface area contributed by atoms with Gasteiger partial charge in [0.05, 0.1) is 11.0 Å². The maximum atomic E-state index is 12.5. The highest BCUT2D eigenvalue weighted by Gasteiger charge is 2.33. The van der Waals surface area contributed by atoms with Crippen molar-refractivity contribution in [2.75, 3.05) is 18.8 Å². The maximum absolute atomic E-state index is 12.5. The lowest BCUT2D eigenvalue weighted by Gasteiger charge is -2.20. The first-order valence-corrected chi connectivity index (χ1v) is 11.2. The fourth-order valence-corrected chi connectivity index (χ4v) is 6.78. The van der Waals surface area contributed by atoms with Crippen molar-refractivity contribution in [3.05, 3.63) is 22.4 Å². The molecule has 128 valence electrons. The highest BCUT2D eigenvalue weighted by molar-refractivity contribution is 7.91. The molecule has 1 amide bonds. The second-order valence-corrected chi connectivity index (χ2v) is 10.0. The minimum absolute atomic E-state index is 0.0880. The molecule has 2 aliphatic rings. The molecule has 1 aliphatic carbocycles. The first-order chi connectivity index (χ1) is 11.1. The molecule has 1 atom stereocenters. The van der Waals surface area contributed by atoms with Gasteiger partial charge in [-0.05, 0) is 30.2 Å². The largest absolute Gasteiger partial charge is 0.342 e. The number of nitrogens with zero attached hydrogens (tertiary/aromatic N) is 1. The van der Waals surface area contributed by atoms with E-state index in [1.807, 2.05) is 17.5 Å². The Hall–Kier alpha value is -0.880. The number of thiophene rings is 1. The van der Waals surface area contributed by atoms with E-state index >= 15 is 0 Å². The van der Waals surface area contributed by atoms with Crippen LogP contribution in [0.4, 0.5) is 0 Å². The smallest absolute Gasteiger partial charge is 0.222 e. The Balaban J connectivity index is 1.59. The van der Waals surface area contributed by atoms with E-state index in [1.165, 1.54) is 37.0 Å². The molecule has 0 aromatic carbocycles. The zero-order valence-corrected chi connectivity index (χ0v) is 15.1. The van der Waals surface area contributed by atoms with E-state index in [9.17, 15) is 13.2 Å². The first kappa shape index (κ1) is 17.0. The number of rotatable bonds is 4. The second kappa shape index (κ2) is 7.34. The molecule has 0 radical (unpaired) electrons. The molecule has 3 rings (SSSR count). The summed E-state index contributed by atoms with van der Waals surface area (Å²) in [5, 5.41) is 1.48. The van der Waals surface area contributed by atoms with Crippen molar-refractivity contribution < 1.29 is 13.2 Å². The van der Waals surface area contributed by atoms with Gasteiger partial charge in [0.2, 0.25) is 5.91 Å². The van der Waals surface area contributed by atoms with Crippen LogP contribution in [0.15, 0.2) is 17.5 Å². The fourth-order valence-electron chi connectivity index (χ4n) is 3.77. The van der Waals surface area contributed by atoms with Crippen LogP contribution in [0.1, 0.15) is 55.1 Å². The number of sulfone groups is 1. The predicted molar refractivity (Wildman–Crippen MR) is 93.2 cm³/mol. The summed E-state index contributed by atoms with van der Waals surface area (Å²) >= 11 is 1.50. The molecule has 1 saturated carbocycles. The molecule has 1 saturated heterocycles. The van der Waals surface area contributed by atoms with Crippen molar-refractivity contribution in [1.29, 1.82) is 0 Å². The standard InChI is InChI=1S/C17H25NO3S2/c19-17(8-7-14-4-1-2-5-14)18-10-9-16(15-6-3-12-22-15)23(20,21)13-11-18/h3,6,12,14,16H,1-2,4-5,7-11,13H2. The first-order valence-electron chi connectivity index (χ1n) is 8.59. The molecule has 1 aliphatic heterocycles. The molecule has 23 heavy (non-hydrogen) atoms. The van der Waals surface area contributed by atoms with Crippen molar-refractivity contribution >= 4 is 27.1 Å². The minimum atomic E-state index is -3.16. The topological polar surface area (TPSA) is 54.5 Å². The summed E-state index contributed by atoms with van der Waals surface area (Å²) in [5.41, 5.74) is 0. The zero-order chi connectivity index (χ0) is 16.3. The third-order valence-corrected chi connectivity index (χ3v) is 8.44. The fraction of sp³-hybridized carbons (Fsp3) is 0.706. The van der Waals surface area contributed by atoms with Crippen molar-refractivity contribution in [2.24, 2.45) is 5.92 Å². The summed E-state index contributed by atoms with van der Waals surface area (Å²) in [6.45, 7) is 0.916. The van der Waals surface area contributed by atoms with Crippen molar-refractivity contribution in [3.63, 3.8) is 0 Å². The van der Waals surface area contributed by atoms with Gasteiger partial charge in [0.1, 0.15) is 0 Å². The van der Waals surface area contributed by atoms with Gasteiger partial charge in [0, 0.05) is 24.4 Å². The predicted octanol–water partition coefficient (Wildman–Crippen LogP) is 3.41. The van der Waals surface area contributed by atoms with Crippen LogP contribution < -0.4 is 0 Å². The van der Waals surface area contributed by atoms with Gasteiger partial charge in [0.15, 0.2) is 9.84 Å². The van der Waals surface area contributed by atoms with E-state index in [0.717, 1.165) is 11.3 Å². The highest BCUT2D eigenvalue weighted by atomic mass is 32.2. The van der Waals surface area contributed by atoms with E-state index in [2.05, 4.69) is 0 Å². The summed E-state index contributed by atoms with van der Waals surface area (Å²) < 4.78 is 25.0. The average molecular weight is 356 g/mol. The van der Waals surface area contributed by atoms with E-state index in [0.29, 0.717) is 31.8 Å². The van der Waals surface area contributed by atoms with Gasteiger partial charge in [-0.15, -0.1) is 11.3 Å². The van der Waals surface area contributed by atoms with Gasteiger partial charge in [-0.2, -0.15) is 0 Å². The minimum Gasteiger partial charge on any atom is -0.342 e. The van der Waals surface area contributed by atoms with Gasteiger partial charge in [-0.25, -0.2) is 8.42 Å². The van der Waals surface area contributed by atoms with Crippen molar-refractivity contribution in [1.82, 2.24) is 4.90 Å². The molecule has 2 heterocycles. The van der Waals surface area contributed by atoms with Crippen molar-refractivity contribution in [3.8, 4) is 0 Å². The van der Waals surface area contributed by atoms with Crippen LogP contribution >= 0.6 is 11.3 Å². The number of carbonyl (C=O) groups is 1. The summed E-state index contributed by atoms with van der Waals surface area (Å²) in [6.07, 6.45) is 7.17. The monoisotopic (exact) mass is 355 g/mol. The van der Waals surface area contributed by atoms with Crippen LogP contribution in [-0.2, 0) is 14.6 Å². The summed E-state index contributed by atoms with van der Waals surface area (Å²) in [4.78, 5) is 15.1. The average Bonchev–Trinajstić information content (AvgIpc) is 3.19. The van der Waals surface area contributed by atoms with E-state index in [1.54, 1.807) is 4.90 Å². The molecular formula is C17H25NO3S2. The lowest BCUT2D eigenvalue weighted by atomic mass is 10.0. The van der Waals surface area contributed by atoms with E-state index in [-0.39, 0.29) is 11.7 Å². The molecule has 2 fully saturated rings. The highest BCUT2D eigenvalue weighted by Crippen LogP contribution is 2.33. The Morgan fingerprint density at radius 3 is 2.70 bits per heavy atom. The molecule has 1 aromatic rings. The molecule has 0 N–H and O–H groups in total. The molecular weight excluding hydrogens is 330 g/mol. The normalized spacial score (nSPS) is 25.4. The third kappa shape index (κ3) is 4.15. The number of amides is 1. The lowest BCUT2D eigenvalue weighted by Crippen LogP contribution is -2.33. The number of hydrogen-bond donors (Lipinski definition) is 0. The van der Waals surface area contributed by atoms with Crippen LogP contribution in [0.25, 0.3) is 0 Å². The zero-order valence-electron chi connectivity index (χ0n) is 13.4. The summed E-state index contributed by atoms with van der Waals surface area (Å²) in [7, 11) is -3.16. The Morgan fingerprint density at radius 2 is 2.00 bits per heavy atom. The Bertz CT molecular complexity index is 618. The third-order valence-electron chi connectivity index (χ3n) is 5.19. The Kier molecular flexibility index (Phi) is 5.42. The molecule has 0 spiro atoms. The lowest BCUT2D eigenvalue weighted by molar-refractivity contribution is -0.131. The Labute approximate surface area is 142 Å². The molecule has 1 aromatic heterocycles. The van der Waals surface area contributed by atoms with Crippen molar-refractivity contribution in [2.45, 2.75) is 50.2 Å². The molecule has 0 bridgehead atoms. The Morgan fingerprint density at radius 1 is 1.22 bits per heavy atom. The van der Waals surface area contributed by atoms with Gasteiger partial charge < -0.3 is 4.90 Å². The van der Waals surface area contributed by atoms with Gasteiger partial charge in [-0.3, -0.25) is 4.79 Å².